The van der Waals surface area contributed by atoms with Gasteiger partial charge in [0.05, 0.1) is 15.4 Å². The van der Waals surface area contributed by atoms with E-state index in [9.17, 15) is 35.1 Å². The lowest BCUT2D eigenvalue weighted by atomic mass is 9.81. The van der Waals surface area contributed by atoms with Crippen molar-refractivity contribution >= 4 is 23.1 Å². The van der Waals surface area contributed by atoms with E-state index in [1.54, 1.807) is 0 Å². The van der Waals surface area contributed by atoms with Gasteiger partial charge in [0.1, 0.15) is 23.3 Å². The third kappa shape index (κ3) is 2.41. The Morgan fingerprint density at radius 1 is 1.04 bits per heavy atom. The van der Waals surface area contributed by atoms with Crippen molar-refractivity contribution < 1.29 is 19.6 Å². The zero-order valence-electron chi connectivity index (χ0n) is 13.5. The van der Waals surface area contributed by atoms with Crippen molar-refractivity contribution in [2.24, 2.45) is 0 Å². The number of nitrogens with zero attached hydrogens (tertiary/aromatic N) is 5. The quantitative estimate of drug-likeness (QED) is 0.425. The molecule has 136 valence electrons. The van der Waals surface area contributed by atoms with Crippen LogP contribution in [-0.2, 0) is 4.79 Å². The number of nitro groups is 3. The number of hydrogen-bond donors (Lipinski definition) is 0. The maximum Gasteiger partial charge on any atom is 0.308 e. The highest BCUT2D eigenvalue weighted by Gasteiger charge is 2.53. The molecule has 0 saturated carbocycles. The van der Waals surface area contributed by atoms with Crippen molar-refractivity contribution in [3.05, 3.63) is 82.1 Å². The van der Waals surface area contributed by atoms with Crippen LogP contribution in [0.1, 0.15) is 11.1 Å². The molecule has 0 heterocycles. The highest BCUT2D eigenvalue weighted by Crippen LogP contribution is 2.46. The summed E-state index contributed by atoms with van der Waals surface area (Å²) in [6, 6.07) is 3.70. The Morgan fingerprint density at radius 2 is 1.68 bits per heavy atom. The van der Waals surface area contributed by atoms with Gasteiger partial charge in [-0.15, -0.1) is 0 Å². The van der Waals surface area contributed by atoms with Crippen molar-refractivity contribution in [2.75, 3.05) is 0 Å². The summed E-state index contributed by atoms with van der Waals surface area (Å²) in [6.07, 6.45) is 1.09. The summed E-state index contributed by atoms with van der Waals surface area (Å²) in [5.74, 6) is -1.15. The smallest absolute Gasteiger partial charge is 0.286 e. The minimum absolute atomic E-state index is 0.0650. The van der Waals surface area contributed by atoms with Crippen LogP contribution in [0.25, 0.3) is 11.6 Å². The first-order valence-corrected chi connectivity index (χ1v) is 7.34. The van der Waals surface area contributed by atoms with Gasteiger partial charge in [-0.05, 0) is 23.3 Å². The average molecular weight is 379 g/mol. The Balaban J connectivity index is 2.48. The van der Waals surface area contributed by atoms with E-state index in [1.165, 1.54) is 18.2 Å². The van der Waals surface area contributed by atoms with E-state index in [-0.39, 0.29) is 28.0 Å². The highest BCUT2D eigenvalue weighted by atomic mass is 16.6. The summed E-state index contributed by atoms with van der Waals surface area (Å²) in [5.41, 5.74) is -3.62. The van der Waals surface area contributed by atoms with E-state index in [0.29, 0.717) is 0 Å². The molecule has 1 aromatic carbocycles. The molecule has 0 bridgehead atoms. The minimum atomic E-state index is -2.31. The lowest BCUT2D eigenvalue weighted by Gasteiger charge is -2.19. The molecule has 1 atom stereocenters. The first-order valence-electron chi connectivity index (χ1n) is 7.34. The standard InChI is InChI=1S/C16H5N5O7/c17-5-8(6-18)12-14(20(25)26)13-10-2-1-9(19(23)24)3-7(10)4-11(13)16(22)15(12)21(27)28/h1-4,15H. The number of carbonyl (C=O) groups is 1. The number of benzene rings is 1. The molecule has 28 heavy (non-hydrogen) atoms. The molecule has 0 aromatic heterocycles. The van der Waals surface area contributed by atoms with E-state index in [0.717, 1.165) is 18.2 Å². The van der Waals surface area contributed by atoms with Crippen LogP contribution in [0.5, 0.6) is 0 Å². The van der Waals surface area contributed by atoms with Gasteiger partial charge in [0.15, 0.2) is 0 Å². The molecule has 0 fully saturated rings. The molecule has 1 aromatic rings. The van der Waals surface area contributed by atoms with E-state index in [1.807, 2.05) is 0 Å². The number of hydrogen-bond acceptors (Lipinski definition) is 9. The number of allylic oxidation sites excluding steroid dienone is 2. The molecule has 2 aliphatic rings. The van der Waals surface area contributed by atoms with Gasteiger partial charge in [-0.25, -0.2) is 0 Å². The topological polar surface area (TPSA) is 194 Å². The van der Waals surface area contributed by atoms with E-state index in [2.05, 4.69) is 0 Å². The average Bonchev–Trinajstić information content (AvgIpc) is 3.01. The predicted molar refractivity (Wildman–Crippen MR) is 89.0 cm³/mol. The maximum atomic E-state index is 12.7. The molecule has 0 spiro atoms. The largest absolute Gasteiger partial charge is 0.308 e. The SMILES string of the molecule is N#CC(C#N)=C1C([N+](=O)[O-])=C2C(=Cc3cc([N+](=O)[O-])ccc32)C(=O)C1[N+](=O)[O-]. The molecular weight excluding hydrogens is 374 g/mol. The first kappa shape index (κ1) is 18.1. The lowest BCUT2D eigenvalue weighted by molar-refractivity contribution is -0.502. The second-order valence-corrected chi connectivity index (χ2v) is 5.63. The number of rotatable bonds is 3. The third-order valence-electron chi connectivity index (χ3n) is 4.25. The number of non-ortho nitro benzene ring substituents is 1. The highest BCUT2D eigenvalue weighted by molar-refractivity contribution is 6.23. The second-order valence-electron chi connectivity index (χ2n) is 5.63. The molecule has 0 N–H and O–H groups in total. The van der Waals surface area contributed by atoms with Crippen molar-refractivity contribution in [3.8, 4) is 12.1 Å². The van der Waals surface area contributed by atoms with Gasteiger partial charge in [0, 0.05) is 22.6 Å². The van der Waals surface area contributed by atoms with Crippen molar-refractivity contribution in [1.29, 1.82) is 10.5 Å². The monoisotopic (exact) mass is 379 g/mol. The number of ketones is 1. The van der Waals surface area contributed by atoms with Gasteiger partial charge in [0.25, 0.3) is 11.4 Å². The summed E-state index contributed by atoms with van der Waals surface area (Å²) >= 11 is 0. The van der Waals surface area contributed by atoms with Crippen LogP contribution in [0, 0.1) is 53.0 Å². The zero-order chi connectivity index (χ0) is 20.7. The number of fused-ring (bicyclic) bond motifs is 3. The Hall–Kier alpha value is -4.71. The summed E-state index contributed by atoms with van der Waals surface area (Å²) < 4.78 is 0. The number of carbonyl (C=O) groups excluding carboxylic acids is 1. The Morgan fingerprint density at radius 3 is 2.18 bits per heavy atom. The number of nitro benzene ring substituents is 1. The van der Waals surface area contributed by atoms with E-state index < -0.39 is 43.4 Å². The third-order valence-corrected chi connectivity index (χ3v) is 4.25. The van der Waals surface area contributed by atoms with Crippen LogP contribution in [0.2, 0.25) is 0 Å². The van der Waals surface area contributed by atoms with Gasteiger partial charge in [-0.1, -0.05) is 0 Å². The molecule has 0 aliphatic heterocycles. The molecule has 3 rings (SSSR count). The normalized spacial score (nSPS) is 17.1. The molecule has 0 saturated heterocycles. The summed E-state index contributed by atoms with van der Waals surface area (Å²) in [7, 11) is 0. The van der Waals surface area contributed by atoms with Crippen LogP contribution in [0.4, 0.5) is 5.69 Å². The molecule has 12 nitrogen and oxygen atoms in total. The fourth-order valence-electron chi connectivity index (χ4n) is 3.17. The predicted octanol–water partition coefficient (Wildman–Crippen LogP) is 1.55. The molecule has 1 unspecified atom stereocenters. The Labute approximate surface area is 154 Å². The Kier molecular flexibility index (Phi) is 4.02. The van der Waals surface area contributed by atoms with Gasteiger partial charge in [0.2, 0.25) is 5.78 Å². The van der Waals surface area contributed by atoms with Crippen LogP contribution in [-0.4, -0.2) is 26.6 Å². The lowest BCUT2D eigenvalue weighted by Crippen LogP contribution is -2.39. The molecular formula is C16H5N5O7. The van der Waals surface area contributed by atoms with Crippen molar-refractivity contribution in [2.45, 2.75) is 6.04 Å². The summed E-state index contributed by atoms with van der Waals surface area (Å²) in [4.78, 5) is 44.0. The van der Waals surface area contributed by atoms with Gasteiger partial charge in [-0.2, -0.15) is 10.5 Å². The zero-order valence-corrected chi connectivity index (χ0v) is 13.5. The van der Waals surface area contributed by atoms with Crippen LogP contribution < -0.4 is 0 Å². The Bertz CT molecular complexity index is 1180. The molecule has 0 radical (unpaired) electrons. The summed E-state index contributed by atoms with van der Waals surface area (Å²) in [5, 5.41) is 52.3. The summed E-state index contributed by atoms with van der Waals surface area (Å²) in [6.45, 7) is 0. The van der Waals surface area contributed by atoms with Gasteiger partial charge < -0.3 is 0 Å². The second kappa shape index (κ2) is 6.22. The van der Waals surface area contributed by atoms with Crippen molar-refractivity contribution in [1.82, 2.24) is 0 Å². The number of Topliss-reactive ketones (excluding diaryl/α,β-unsaturated/α-hetero) is 1. The first-order chi connectivity index (χ1) is 13.2. The fraction of sp³-hybridized carbons (Fsp3) is 0.0625. The molecule has 2 aliphatic carbocycles. The van der Waals surface area contributed by atoms with Gasteiger partial charge >= 0.3 is 6.04 Å². The van der Waals surface area contributed by atoms with Crippen LogP contribution in [0.15, 0.2) is 40.6 Å². The van der Waals surface area contributed by atoms with E-state index in [4.69, 9.17) is 10.5 Å². The minimum Gasteiger partial charge on any atom is -0.286 e. The molecule has 12 heteroatoms. The number of nitriles is 2. The van der Waals surface area contributed by atoms with Gasteiger partial charge in [-0.3, -0.25) is 35.1 Å². The molecule has 0 amide bonds. The fourth-order valence-corrected chi connectivity index (χ4v) is 3.17. The van der Waals surface area contributed by atoms with E-state index >= 15 is 0 Å². The van der Waals surface area contributed by atoms with Crippen molar-refractivity contribution in [3.63, 3.8) is 0 Å². The van der Waals surface area contributed by atoms with Crippen LogP contribution in [0.3, 0.4) is 0 Å². The maximum absolute atomic E-state index is 12.7. The van der Waals surface area contributed by atoms with Crippen LogP contribution >= 0.6 is 0 Å².